The number of nitrogens with one attached hydrogen (secondary N) is 2. The molecule has 46 heavy (non-hydrogen) atoms. The molecule has 5 rings (SSSR count). The molecule has 15 heteroatoms. The zero-order valence-corrected chi connectivity index (χ0v) is 27.1. The van der Waals surface area contributed by atoms with Crippen molar-refractivity contribution < 1.29 is 23.8 Å². The second kappa shape index (κ2) is 14.5. The zero-order valence-electron chi connectivity index (χ0n) is 25.6. The van der Waals surface area contributed by atoms with Crippen molar-refractivity contribution in [2.24, 2.45) is 0 Å². The van der Waals surface area contributed by atoms with Crippen molar-refractivity contribution in [2.45, 2.75) is 18.6 Å². The van der Waals surface area contributed by atoms with Gasteiger partial charge in [0.2, 0.25) is 17.8 Å². The Morgan fingerprint density at radius 3 is 2.33 bits per heavy atom. The lowest BCUT2D eigenvalue weighted by Crippen LogP contribution is -2.49. The number of piperazine rings is 1. The molecule has 0 radical (unpaired) electrons. The van der Waals surface area contributed by atoms with Gasteiger partial charge in [0.15, 0.2) is 0 Å². The fraction of sp³-hybridized carbons (Fsp3) is 0.387. The predicted molar refractivity (Wildman–Crippen MR) is 176 cm³/mol. The Morgan fingerprint density at radius 2 is 1.70 bits per heavy atom. The highest BCUT2D eigenvalue weighted by molar-refractivity contribution is 6.41. The number of amides is 2. The number of fused-ring (bicyclic) bond motifs is 1. The van der Waals surface area contributed by atoms with Gasteiger partial charge in [-0.3, -0.25) is 23.9 Å². The van der Waals surface area contributed by atoms with Crippen LogP contribution >= 0.6 is 23.2 Å². The van der Waals surface area contributed by atoms with E-state index in [9.17, 15) is 14.4 Å². The molecular formula is C31H35Cl2N7O6. The third kappa shape index (κ3) is 6.82. The number of methoxy groups -OCH3 is 2. The number of nitrogens with zero attached hydrogens (tertiary/aromatic N) is 5. The quantitative estimate of drug-likeness (QED) is 0.292. The van der Waals surface area contributed by atoms with E-state index in [4.69, 9.17) is 42.4 Å². The van der Waals surface area contributed by atoms with Gasteiger partial charge < -0.3 is 29.7 Å². The van der Waals surface area contributed by atoms with Crippen molar-refractivity contribution in [2.75, 3.05) is 65.5 Å². The maximum atomic E-state index is 14.3. The SMILES string of the molecule is C=CC(=O)NC1COCC1Nc1ncc2cc(-c3c(Cl)c(OC)cc(OC)c3Cl)c(=O)n(CCN3CCN(C(=O)C=C)CC3)c2n1. The molecule has 0 spiro atoms. The van der Waals surface area contributed by atoms with Gasteiger partial charge in [-0.25, -0.2) is 4.98 Å². The Hall–Kier alpha value is -4.17. The smallest absolute Gasteiger partial charge is 0.260 e. The van der Waals surface area contributed by atoms with Crippen molar-refractivity contribution in [3.05, 3.63) is 64.0 Å². The Morgan fingerprint density at radius 1 is 1.02 bits per heavy atom. The summed E-state index contributed by atoms with van der Waals surface area (Å²) in [6.07, 6.45) is 4.12. The summed E-state index contributed by atoms with van der Waals surface area (Å²) >= 11 is 13.5. The molecule has 13 nitrogen and oxygen atoms in total. The molecule has 1 aromatic carbocycles. The summed E-state index contributed by atoms with van der Waals surface area (Å²) in [6, 6.07) is 2.57. The van der Waals surface area contributed by atoms with Crippen LogP contribution in [0.25, 0.3) is 22.2 Å². The Kier molecular flexibility index (Phi) is 10.5. The van der Waals surface area contributed by atoms with Crippen LogP contribution in [-0.2, 0) is 20.9 Å². The van der Waals surface area contributed by atoms with E-state index in [-0.39, 0.29) is 63.1 Å². The van der Waals surface area contributed by atoms with Crippen LogP contribution in [0.3, 0.4) is 0 Å². The molecule has 2 saturated heterocycles. The first kappa shape index (κ1) is 33.2. The number of carbonyl (C=O) groups is 2. The monoisotopic (exact) mass is 671 g/mol. The maximum absolute atomic E-state index is 14.3. The van der Waals surface area contributed by atoms with Crippen molar-refractivity contribution in [3.8, 4) is 22.6 Å². The molecule has 2 fully saturated rings. The van der Waals surface area contributed by atoms with Gasteiger partial charge in [-0.1, -0.05) is 36.4 Å². The first-order valence-electron chi connectivity index (χ1n) is 14.6. The minimum atomic E-state index is -0.378. The minimum Gasteiger partial charge on any atom is -0.495 e. The number of hydrogen-bond acceptors (Lipinski definition) is 10. The van der Waals surface area contributed by atoms with Crippen molar-refractivity contribution in [1.29, 1.82) is 0 Å². The van der Waals surface area contributed by atoms with Crippen LogP contribution in [-0.4, -0.2) is 108 Å². The summed E-state index contributed by atoms with van der Waals surface area (Å²) in [7, 11) is 2.93. The van der Waals surface area contributed by atoms with E-state index in [1.165, 1.54) is 26.4 Å². The number of ether oxygens (including phenoxy) is 3. The van der Waals surface area contributed by atoms with E-state index in [0.717, 1.165) is 0 Å². The fourth-order valence-electron chi connectivity index (χ4n) is 5.55. The predicted octanol–water partition coefficient (Wildman–Crippen LogP) is 2.59. The molecule has 2 amide bonds. The molecule has 0 aliphatic carbocycles. The Bertz CT molecular complexity index is 1700. The largest absolute Gasteiger partial charge is 0.495 e. The zero-order chi connectivity index (χ0) is 33.0. The van der Waals surface area contributed by atoms with Crippen LogP contribution in [0.2, 0.25) is 10.0 Å². The summed E-state index contributed by atoms with van der Waals surface area (Å²) in [6.45, 7) is 10.9. The fourth-order valence-corrected chi connectivity index (χ4v) is 6.25. The summed E-state index contributed by atoms with van der Waals surface area (Å²) in [4.78, 5) is 51.5. The van der Waals surface area contributed by atoms with E-state index < -0.39 is 0 Å². The average Bonchev–Trinajstić information content (AvgIpc) is 3.50. The second-order valence-corrected chi connectivity index (χ2v) is 11.5. The van der Waals surface area contributed by atoms with Gasteiger partial charge in [-0.15, -0.1) is 0 Å². The normalized spacial score (nSPS) is 18.3. The lowest BCUT2D eigenvalue weighted by molar-refractivity contribution is -0.127. The molecule has 0 bridgehead atoms. The van der Waals surface area contributed by atoms with E-state index >= 15 is 0 Å². The van der Waals surface area contributed by atoms with E-state index in [1.54, 1.807) is 27.8 Å². The lowest BCUT2D eigenvalue weighted by atomic mass is 10.0. The van der Waals surface area contributed by atoms with E-state index in [2.05, 4.69) is 33.7 Å². The highest BCUT2D eigenvalue weighted by Gasteiger charge is 2.30. The van der Waals surface area contributed by atoms with Crippen LogP contribution in [0, 0.1) is 0 Å². The average molecular weight is 673 g/mol. The topological polar surface area (TPSA) is 140 Å². The standard InChI is InChI=1S/C31H35Cl2N7O6/c1-5-24(41)35-20-16-46-17-21(20)36-31-34-15-18-13-19(26-27(32)22(44-3)14-23(45-4)28(26)33)30(43)40(29(18)37-31)12-9-38-7-10-39(11-8-38)25(42)6-2/h5-6,13-15,20-21H,1-2,7-12,16-17H2,3-4H3,(H,35,41)(H,34,36,37). The van der Waals surface area contributed by atoms with Crippen LogP contribution in [0.5, 0.6) is 11.5 Å². The number of pyridine rings is 1. The van der Waals surface area contributed by atoms with Gasteiger partial charge >= 0.3 is 0 Å². The summed E-state index contributed by atoms with van der Waals surface area (Å²) < 4.78 is 18.0. The van der Waals surface area contributed by atoms with Gasteiger partial charge in [0.25, 0.3) is 5.56 Å². The highest BCUT2D eigenvalue weighted by atomic mass is 35.5. The van der Waals surface area contributed by atoms with Gasteiger partial charge in [0.05, 0.1) is 55.1 Å². The number of hydrogen-bond donors (Lipinski definition) is 2. The molecule has 2 N–H and O–H groups in total. The van der Waals surface area contributed by atoms with Crippen molar-refractivity contribution in [1.82, 2.24) is 29.7 Å². The lowest BCUT2D eigenvalue weighted by Gasteiger charge is -2.34. The van der Waals surface area contributed by atoms with Gasteiger partial charge in [-0.05, 0) is 18.2 Å². The van der Waals surface area contributed by atoms with Crippen molar-refractivity contribution in [3.63, 3.8) is 0 Å². The molecule has 2 aliphatic rings. The molecule has 0 saturated carbocycles. The van der Waals surface area contributed by atoms with E-state index in [1.807, 2.05) is 0 Å². The summed E-state index contributed by atoms with van der Waals surface area (Å²) in [5.41, 5.74) is 0.501. The van der Waals surface area contributed by atoms with Gasteiger partial charge in [0.1, 0.15) is 17.1 Å². The van der Waals surface area contributed by atoms with Gasteiger partial charge in [-0.2, -0.15) is 4.98 Å². The Labute approximate surface area is 275 Å². The van der Waals surface area contributed by atoms with E-state index in [0.29, 0.717) is 68.5 Å². The van der Waals surface area contributed by atoms with Crippen LogP contribution in [0.4, 0.5) is 5.95 Å². The van der Waals surface area contributed by atoms with Gasteiger partial charge in [0, 0.05) is 62.5 Å². The van der Waals surface area contributed by atoms with Crippen LogP contribution < -0.4 is 25.7 Å². The Balaban J connectivity index is 1.54. The van der Waals surface area contributed by atoms with Crippen molar-refractivity contribution >= 4 is 52.0 Å². The number of carbonyl (C=O) groups excluding carboxylic acids is 2. The maximum Gasteiger partial charge on any atom is 0.260 e. The number of rotatable bonds is 11. The number of halogens is 2. The highest BCUT2D eigenvalue weighted by Crippen LogP contribution is 2.45. The number of anilines is 1. The van der Waals surface area contributed by atoms with Crippen LogP contribution in [0.15, 0.2) is 48.4 Å². The molecule has 3 aromatic rings. The van der Waals surface area contributed by atoms with Crippen LogP contribution in [0.1, 0.15) is 0 Å². The first-order chi connectivity index (χ1) is 22.2. The molecule has 2 atom stereocenters. The second-order valence-electron chi connectivity index (χ2n) is 10.7. The molecular weight excluding hydrogens is 637 g/mol. The molecule has 2 unspecified atom stereocenters. The third-order valence-electron chi connectivity index (χ3n) is 8.08. The molecule has 244 valence electrons. The molecule has 2 aliphatic heterocycles. The first-order valence-corrected chi connectivity index (χ1v) is 15.4. The third-order valence-corrected chi connectivity index (χ3v) is 8.83. The minimum absolute atomic E-state index is 0.104. The summed E-state index contributed by atoms with van der Waals surface area (Å²) in [5.74, 6) is 0.432. The molecule has 4 heterocycles. The summed E-state index contributed by atoms with van der Waals surface area (Å²) in [5, 5.41) is 6.97. The number of aromatic nitrogens is 3. The number of benzene rings is 1. The molecule has 2 aromatic heterocycles.